The summed E-state index contributed by atoms with van der Waals surface area (Å²) in [5.74, 6) is 0.0618. The van der Waals surface area contributed by atoms with Crippen molar-refractivity contribution in [2.45, 2.75) is 0 Å². The first-order chi connectivity index (χ1) is 6.02. The SMILES string of the molecule is Cn1c(NC(N)=O)ncc(N)c1=O. The molecule has 0 spiro atoms. The highest BCUT2D eigenvalue weighted by Gasteiger charge is 2.05. The number of hydrogen-bond acceptors (Lipinski definition) is 4. The van der Waals surface area contributed by atoms with Crippen LogP contribution in [-0.2, 0) is 7.05 Å². The van der Waals surface area contributed by atoms with Crippen molar-refractivity contribution in [3.8, 4) is 0 Å². The Morgan fingerprint density at radius 3 is 2.85 bits per heavy atom. The Bertz CT molecular complexity index is 397. The van der Waals surface area contributed by atoms with Crippen LogP contribution in [-0.4, -0.2) is 15.6 Å². The number of urea groups is 1. The lowest BCUT2D eigenvalue weighted by molar-refractivity contribution is 0.259. The third kappa shape index (κ3) is 1.75. The molecule has 0 aliphatic rings. The minimum Gasteiger partial charge on any atom is -0.393 e. The lowest BCUT2D eigenvalue weighted by Gasteiger charge is -2.06. The molecule has 0 bridgehead atoms. The van der Waals surface area contributed by atoms with Crippen LogP contribution in [0.2, 0.25) is 0 Å². The van der Waals surface area contributed by atoms with E-state index in [1.165, 1.54) is 7.05 Å². The average molecular weight is 183 g/mol. The molecule has 0 saturated heterocycles. The molecule has 0 aliphatic heterocycles. The van der Waals surface area contributed by atoms with Gasteiger partial charge in [0.05, 0.1) is 6.20 Å². The van der Waals surface area contributed by atoms with Crippen LogP contribution in [0, 0.1) is 0 Å². The molecule has 1 aromatic heterocycles. The first-order valence-electron chi connectivity index (χ1n) is 3.40. The molecule has 1 aromatic rings. The van der Waals surface area contributed by atoms with Crippen molar-refractivity contribution < 1.29 is 4.79 Å². The second-order valence-electron chi connectivity index (χ2n) is 2.39. The summed E-state index contributed by atoms with van der Waals surface area (Å²) in [6.45, 7) is 0. The molecule has 0 atom stereocenters. The molecule has 7 heteroatoms. The highest BCUT2D eigenvalue weighted by atomic mass is 16.2. The van der Waals surface area contributed by atoms with Crippen molar-refractivity contribution in [3.05, 3.63) is 16.6 Å². The van der Waals surface area contributed by atoms with Gasteiger partial charge >= 0.3 is 6.03 Å². The van der Waals surface area contributed by atoms with Crippen LogP contribution >= 0.6 is 0 Å². The number of carbonyl (C=O) groups excluding carboxylic acids is 1. The van der Waals surface area contributed by atoms with E-state index in [1.807, 2.05) is 0 Å². The molecule has 1 heterocycles. The Kier molecular flexibility index (Phi) is 2.18. The van der Waals surface area contributed by atoms with Gasteiger partial charge in [-0.25, -0.2) is 9.78 Å². The fourth-order valence-electron chi connectivity index (χ4n) is 0.789. The van der Waals surface area contributed by atoms with E-state index < -0.39 is 11.6 Å². The van der Waals surface area contributed by atoms with Gasteiger partial charge < -0.3 is 11.5 Å². The zero-order chi connectivity index (χ0) is 10.0. The van der Waals surface area contributed by atoms with Gasteiger partial charge in [-0.3, -0.25) is 14.7 Å². The predicted octanol–water partition coefficient (Wildman–Crippen LogP) is -1.15. The summed E-state index contributed by atoms with van der Waals surface area (Å²) in [5.41, 5.74) is 9.71. The van der Waals surface area contributed by atoms with E-state index in [2.05, 4.69) is 10.3 Å². The molecule has 70 valence electrons. The highest BCUT2D eigenvalue weighted by molar-refractivity contribution is 5.85. The van der Waals surface area contributed by atoms with Crippen molar-refractivity contribution in [1.29, 1.82) is 0 Å². The second kappa shape index (κ2) is 3.13. The number of primary amides is 1. The number of nitrogens with zero attached hydrogens (tertiary/aromatic N) is 2. The maximum atomic E-state index is 11.2. The summed E-state index contributed by atoms with van der Waals surface area (Å²) in [4.78, 5) is 25.3. The van der Waals surface area contributed by atoms with Gasteiger partial charge in [-0.15, -0.1) is 0 Å². The maximum Gasteiger partial charge on any atom is 0.318 e. The number of anilines is 2. The van der Waals surface area contributed by atoms with E-state index in [-0.39, 0.29) is 11.6 Å². The molecular weight excluding hydrogens is 174 g/mol. The first-order valence-corrected chi connectivity index (χ1v) is 3.40. The largest absolute Gasteiger partial charge is 0.393 e. The van der Waals surface area contributed by atoms with Gasteiger partial charge in [0.1, 0.15) is 5.69 Å². The van der Waals surface area contributed by atoms with Crippen LogP contribution in [0.3, 0.4) is 0 Å². The fourth-order valence-corrected chi connectivity index (χ4v) is 0.789. The zero-order valence-corrected chi connectivity index (χ0v) is 6.94. The van der Waals surface area contributed by atoms with Crippen LogP contribution in [0.15, 0.2) is 11.0 Å². The number of hydrogen-bond donors (Lipinski definition) is 3. The van der Waals surface area contributed by atoms with E-state index in [4.69, 9.17) is 11.5 Å². The summed E-state index contributed by atoms with van der Waals surface area (Å²) in [5, 5.41) is 2.18. The number of aromatic nitrogens is 2. The standard InChI is InChI=1S/C6H9N5O2/c1-11-4(12)3(7)2-9-6(11)10-5(8)13/h2H,7H2,1H3,(H3,8,9,10,13). The molecule has 0 radical (unpaired) electrons. The summed E-state index contributed by atoms with van der Waals surface area (Å²) in [6, 6.07) is -0.785. The average Bonchev–Trinajstić information content (AvgIpc) is 2.06. The van der Waals surface area contributed by atoms with E-state index in [0.29, 0.717) is 0 Å². The van der Waals surface area contributed by atoms with Gasteiger partial charge in [0, 0.05) is 7.05 Å². The summed E-state index contributed by atoms with van der Waals surface area (Å²) in [6.07, 6.45) is 1.16. The molecule has 0 fully saturated rings. The van der Waals surface area contributed by atoms with Crippen LogP contribution in [0.4, 0.5) is 16.4 Å². The fraction of sp³-hybridized carbons (Fsp3) is 0.167. The zero-order valence-electron chi connectivity index (χ0n) is 6.94. The Hall–Kier alpha value is -2.05. The molecule has 2 amide bonds. The van der Waals surface area contributed by atoms with Gasteiger partial charge in [0.25, 0.3) is 5.56 Å². The monoisotopic (exact) mass is 183 g/mol. The molecule has 1 rings (SSSR count). The molecule has 0 aliphatic carbocycles. The Balaban J connectivity index is 3.18. The van der Waals surface area contributed by atoms with Crippen molar-refractivity contribution in [2.24, 2.45) is 12.8 Å². The molecule has 0 unspecified atom stereocenters. The third-order valence-corrected chi connectivity index (χ3v) is 1.43. The van der Waals surface area contributed by atoms with Gasteiger partial charge in [0.2, 0.25) is 5.95 Å². The van der Waals surface area contributed by atoms with Crippen LogP contribution < -0.4 is 22.3 Å². The normalized spacial score (nSPS) is 9.62. The van der Waals surface area contributed by atoms with E-state index in [0.717, 1.165) is 10.8 Å². The smallest absolute Gasteiger partial charge is 0.318 e. The Morgan fingerprint density at radius 2 is 2.31 bits per heavy atom. The second-order valence-corrected chi connectivity index (χ2v) is 2.39. The highest BCUT2D eigenvalue weighted by Crippen LogP contribution is 1.98. The number of nitrogens with one attached hydrogen (secondary N) is 1. The van der Waals surface area contributed by atoms with Crippen LogP contribution in [0.1, 0.15) is 0 Å². The number of rotatable bonds is 1. The minimum atomic E-state index is -0.785. The number of nitrogen functional groups attached to an aromatic ring is 1. The number of nitrogens with two attached hydrogens (primary N) is 2. The lowest BCUT2D eigenvalue weighted by atomic mass is 10.5. The topological polar surface area (TPSA) is 116 Å². The van der Waals surface area contributed by atoms with Gasteiger partial charge in [-0.1, -0.05) is 0 Å². The quantitative estimate of drug-likeness (QED) is 0.509. The third-order valence-electron chi connectivity index (χ3n) is 1.43. The molecule has 5 N–H and O–H groups in total. The lowest BCUT2D eigenvalue weighted by Crippen LogP contribution is -2.28. The molecule has 0 aromatic carbocycles. The Labute approximate surface area is 73.4 Å². The van der Waals surface area contributed by atoms with Crippen molar-refractivity contribution in [2.75, 3.05) is 11.1 Å². The number of amides is 2. The summed E-state index contributed by atoms with van der Waals surface area (Å²) >= 11 is 0. The van der Waals surface area contributed by atoms with E-state index in [9.17, 15) is 9.59 Å². The van der Waals surface area contributed by atoms with Crippen LogP contribution in [0.25, 0.3) is 0 Å². The van der Waals surface area contributed by atoms with Crippen LogP contribution in [0.5, 0.6) is 0 Å². The number of carbonyl (C=O) groups is 1. The van der Waals surface area contributed by atoms with E-state index >= 15 is 0 Å². The minimum absolute atomic E-state index is 0.0116. The maximum absolute atomic E-state index is 11.2. The summed E-state index contributed by atoms with van der Waals surface area (Å²) in [7, 11) is 1.43. The molecular formula is C6H9N5O2. The predicted molar refractivity (Wildman–Crippen MR) is 47.1 cm³/mol. The van der Waals surface area contributed by atoms with Gasteiger partial charge in [-0.05, 0) is 0 Å². The summed E-state index contributed by atoms with van der Waals surface area (Å²) < 4.78 is 1.10. The van der Waals surface area contributed by atoms with Crippen molar-refractivity contribution in [1.82, 2.24) is 9.55 Å². The van der Waals surface area contributed by atoms with Gasteiger partial charge in [0.15, 0.2) is 0 Å². The molecule has 13 heavy (non-hydrogen) atoms. The van der Waals surface area contributed by atoms with Crippen molar-refractivity contribution in [3.63, 3.8) is 0 Å². The molecule has 0 saturated carbocycles. The first kappa shape index (κ1) is 9.04. The van der Waals surface area contributed by atoms with E-state index in [1.54, 1.807) is 0 Å². The molecule has 7 nitrogen and oxygen atoms in total. The van der Waals surface area contributed by atoms with Gasteiger partial charge in [-0.2, -0.15) is 0 Å². The Morgan fingerprint density at radius 1 is 1.69 bits per heavy atom. The van der Waals surface area contributed by atoms with Crippen molar-refractivity contribution >= 4 is 17.7 Å².